The summed E-state index contributed by atoms with van der Waals surface area (Å²) in [5.41, 5.74) is -3.41. The van der Waals surface area contributed by atoms with Gasteiger partial charge in [0.1, 0.15) is 37.1 Å². The second kappa shape index (κ2) is 12.0. The molecular weight excluding hydrogens is 590 g/mol. The summed E-state index contributed by atoms with van der Waals surface area (Å²) in [6.45, 7) is -1.58. The van der Waals surface area contributed by atoms with E-state index in [0.29, 0.717) is 0 Å². The zero-order valence-corrected chi connectivity index (χ0v) is 21.6. The molecule has 4 rings (SSSR count). The Hall–Kier alpha value is -2.71. The third-order valence-electron chi connectivity index (χ3n) is 5.86. The van der Waals surface area contributed by atoms with E-state index in [9.17, 15) is 43.6 Å². The molecule has 2 aliphatic heterocycles. The molecule has 9 atom stereocenters. The Balaban J connectivity index is 1.43. The van der Waals surface area contributed by atoms with E-state index in [1.165, 1.54) is 0 Å². The van der Waals surface area contributed by atoms with E-state index in [1.54, 1.807) is 0 Å². The van der Waals surface area contributed by atoms with Gasteiger partial charge < -0.3 is 34.6 Å². The van der Waals surface area contributed by atoms with Gasteiger partial charge in [-0.2, -0.15) is 0 Å². The molecule has 0 saturated carbocycles. The van der Waals surface area contributed by atoms with Gasteiger partial charge in [-0.15, -0.1) is 9.05 Å². The maximum absolute atomic E-state index is 12.6. The summed E-state index contributed by atoms with van der Waals surface area (Å²) < 4.78 is 50.7. The van der Waals surface area contributed by atoms with E-state index in [0.717, 1.165) is 33.7 Å². The van der Waals surface area contributed by atoms with Gasteiger partial charge in [-0.05, 0) is 0 Å². The Labute approximate surface area is 221 Å². The van der Waals surface area contributed by atoms with Crippen molar-refractivity contribution in [3.05, 3.63) is 66.2 Å². The van der Waals surface area contributed by atoms with Gasteiger partial charge in [0.25, 0.3) is 11.1 Å². The summed E-state index contributed by atoms with van der Waals surface area (Å²) in [5, 5.41) is 31.3. The molecule has 2 fully saturated rings. The molecule has 2 aromatic rings. The monoisotopic (exact) mass is 613 g/mol. The van der Waals surface area contributed by atoms with E-state index >= 15 is 0 Å². The van der Waals surface area contributed by atoms with Crippen LogP contribution in [-0.4, -0.2) is 94.0 Å². The van der Waals surface area contributed by atoms with Crippen LogP contribution in [0.4, 0.5) is 0 Å². The number of H-pyrrole nitrogens is 2. The highest BCUT2D eigenvalue weighted by Crippen LogP contribution is 2.41. The Morgan fingerprint density at radius 3 is 1.90 bits per heavy atom. The number of nitrogens with one attached hydrogen (secondary N) is 2. The number of phosphoric ester groups is 1. The molecule has 0 radical (unpaired) electrons. The molecule has 0 aliphatic carbocycles. The first kappa shape index (κ1) is 30.3. The summed E-state index contributed by atoms with van der Waals surface area (Å²) >= 11 is 0. The Bertz CT molecular complexity index is 1510. The molecule has 2 aliphatic rings. The van der Waals surface area contributed by atoms with Crippen LogP contribution in [0.1, 0.15) is 12.5 Å². The van der Waals surface area contributed by atoms with Crippen LogP contribution in [0.2, 0.25) is 0 Å². The fourth-order valence-electron chi connectivity index (χ4n) is 4.00. The number of hydrogen-bond acceptors (Lipinski definition) is 14. The number of nitrogens with zero attached hydrogens (tertiary/aromatic N) is 2. The van der Waals surface area contributed by atoms with Crippen LogP contribution in [0.25, 0.3) is 0 Å². The van der Waals surface area contributed by atoms with Crippen molar-refractivity contribution in [2.24, 2.45) is 0 Å². The zero-order chi connectivity index (χ0) is 29.4. The molecule has 0 bridgehead atoms. The second-order valence-corrected chi connectivity index (χ2v) is 10.7. The molecular formula is C18H23N4O16P2+. The average molecular weight is 613 g/mol. The fraction of sp³-hybridized carbons (Fsp3) is 0.556. The SMILES string of the molecule is O=c1ccn([C@@H]2O[C@H](CO[P+](=O)O[C@H]3[C@@H](O)[C@H](n4ccc(=O)[nH]c4=O)O[C@@H]3COP(=O)(O)O)[C@@H](O)[C@H]2O)c(=O)[nH]1. The van der Waals surface area contributed by atoms with Crippen molar-refractivity contribution < 1.29 is 57.3 Å². The highest BCUT2D eigenvalue weighted by Gasteiger charge is 2.52. The summed E-state index contributed by atoms with van der Waals surface area (Å²) in [5.74, 6) is 0. The molecule has 22 heteroatoms. The van der Waals surface area contributed by atoms with Gasteiger partial charge in [0.15, 0.2) is 18.6 Å². The van der Waals surface area contributed by atoms with Gasteiger partial charge in [-0.1, -0.05) is 0 Å². The number of aliphatic hydroxyl groups excluding tert-OH is 3. The lowest BCUT2D eigenvalue weighted by Crippen LogP contribution is -2.38. The molecule has 4 heterocycles. The van der Waals surface area contributed by atoms with Gasteiger partial charge in [0.05, 0.1) is 6.61 Å². The Kier molecular flexibility index (Phi) is 9.10. The Morgan fingerprint density at radius 1 is 0.850 bits per heavy atom. The molecule has 1 unspecified atom stereocenters. The van der Waals surface area contributed by atoms with Gasteiger partial charge in [0, 0.05) is 29.1 Å². The van der Waals surface area contributed by atoms with Crippen LogP contribution < -0.4 is 22.5 Å². The maximum Gasteiger partial charge on any atom is 0.697 e. The molecule has 0 amide bonds. The van der Waals surface area contributed by atoms with Crippen LogP contribution >= 0.6 is 16.1 Å². The molecule has 40 heavy (non-hydrogen) atoms. The minimum Gasteiger partial charge on any atom is -0.387 e. The molecule has 20 nitrogen and oxygen atoms in total. The predicted molar refractivity (Wildman–Crippen MR) is 125 cm³/mol. The summed E-state index contributed by atoms with van der Waals surface area (Å²) in [7, 11) is -8.22. The lowest BCUT2D eigenvalue weighted by Gasteiger charge is -2.16. The third-order valence-corrected chi connectivity index (χ3v) is 7.12. The van der Waals surface area contributed by atoms with E-state index in [1.807, 2.05) is 9.97 Å². The minimum atomic E-state index is -5.03. The number of phosphoric acid groups is 1. The summed E-state index contributed by atoms with van der Waals surface area (Å²) in [4.78, 5) is 68.6. The number of hydrogen-bond donors (Lipinski definition) is 7. The van der Waals surface area contributed by atoms with Gasteiger partial charge in [-0.3, -0.25) is 33.2 Å². The number of aromatic nitrogens is 4. The van der Waals surface area contributed by atoms with Crippen molar-refractivity contribution in [1.29, 1.82) is 0 Å². The second-order valence-electron chi connectivity index (χ2n) is 8.51. The lowest BCUT2D eigenvalue weighted by atomic mass is 10.1. The van der Waals surface area contributed by atoms with Crippen molar-refractivity contribution in [1.82, 2.24) is 19.1 Å². The van der Waals surface area contributed by atoms with Gasteiger partial charge >= 0.3 is 27.5 Å². The van der Waals surface area contributed by atoms with Crippen molar-refractivity contribution in [2.45, 2.75) is 49.1 Å². The zero-order valence-electron chi connectivity index (χ0n) is 19.9. The van der Waals surface area contributed by atoms with E-state index in [-0.39, 0.29) is 0 Å². The largest absolute Gasteiger partial charge is 0.697 e. The van der Waals surface area contributed by atoms with Crippen LogP contribution in [0.5, 0.6) is 0 Å². The van der Waals surface area contributed by atoms with Crippen LogP contribution in [0.15, 0.2) is 43.7 Å². The number of rotatable bonds is 10. The van der Waals surface area contributed by atoms with Crippen LogP contribution in [-0.2, 0) is 32.2 Å². The average Bonchev–Trinajstić information content (AvgIpc) is 3.32. The van der Waals surface area contributed by atoms with Crippen molar-refractivity contribution in [2.75, 3.05) is 13.2 Å². The molecule has 0 spiro atoms. The molecule has 7 N–H and O–H groups in total. The van der Waals surface area contributed by atoms with Crippen molar-refractivity contribution in [3.63, 3.8) is 0 Å². The lowest BCUT2D eigenvalue weighted by molar-refractivity contribution is -0.0562. The van der Waals surface area contributed by atoms with Gasteiger partial charge in [-0.25, -0.2) is 14.2 Å². The molecule has 220 valence electrons. The third kappa shape index (κ3) is 6.77. The highest BCUT2D eigenvalue weighted by molar-refractivity contribution is 7.46. The first-order chi connectivity index (χ1) is 18.7. The first-order valence-corrected chi connectivity index (χ1v) is 13.8. The number of aliphatic hydroxyl groups is 3. The standard InChI is InChI=1S/C18H22N4O16P2/c23-9-1-3-21(17(28)19-9)15-12(26)11(25)7(36-15)5-34-39(30)38-14-8(6-35-40(31,32)33)37-16(13(14)27)22-4-2-10(24)20-18(22)29/h1-4,7-8,11-16,25-27H,5-6H2,(H3-,19,20,23,24,28,29,31,32,33)/p+1/t7-,8-,11-,12-,13-,14-,15-,16-/m1/s1. The maximum atomic E-state index is 12.6. The van der Waals surface area contributed by atoms with Crippen LogP contribution in [0, 0.1) is 0 Å². The van der Waals surface area contributed by atoms with E-state index in [4.69, 9.17) is 28.3 Å². The quantitative estimate of drug-likeness (QED) is 0.126. The van der Waals surface area contributed by atoms with E-state index in [2.05, 4.69) is 4.52 Å². The number of aromatic amines is 2. The van der Waals surface area contributed by atoms with Crippen LogP contribution in [0.3, 0.4) is 0 Å². The van der Waals surface area contributed by atoms with Gasteiger partial charge in [0.2, 0.25) is 0 Å². The molecule has 2 aromatic heterocycles. The normalized spacial score (nSPS) is 31.0. The fourth-order valence-corrected chi connectivity index (χ4v) is 5.13. The molecule has 2 saturated heterocycles. The molecule has 0 aromatic carbocycles. The van der Waals surface area contributed by atoms with Crippen molar-refractivity contribution in [3.8, 4) is 0 Å². The highest BCUT2D eigenvalue weighted by atomic mass is 31.2. The smallest absolute Gasteiger partial charge is 0.387 e. The minimum absolute atomic E-state index is 0.682. The summed E-state index contributed by atoms with van der Waals surface area (Å²) in [6.07, 6.45) is -10.6. The summed E-state index contributed by atoms with van der Waals surface area (Å²) in [6, 6.07) is 1.92. The first-order valence-electron chi connectivity index (χ1n) is 11.2. The van der Waals surface area contributed by atoms with E-state index < -0.39 is 101 Å². The van der Waals surface area contributed by atoms with Crippen molar-refractivity contribution >= 4 is 16.1 Å². The topological polar surface area (TPSA) is 291 Å². The Morgan fingerprint density at radius 2 is 1.38 bits per heavy atom. The number of ether oxygens (including phenoxy) is 2. The predicted octanol–water partition coefficient (Wildman–Crippen LogP) is -3.87.